The van der Waals surface area contributed by atoms with Crippen LogP contribution >= 0.6 is 0 Å². The van der Waals surface area contributed by atoms with Crippen molar-refractivity contribution in [3.63, 3.8) is 0 Å². The molecule has 1 unspecified atom stereocenters. The molecule has 0 spiro atoms. The van der Waals surface area contributed by atoms with Gasteiger partial charge in [-0.3, -0.25) is 4.79 Å². The normalized spacial score (nSPS) is 15.9. The van der Waals surface area contributed by atoms with Gasteiger partial charge in [0.2, 0.25) is 0 Å². The first-order valence-electron chi connectivity index (χ1n) is 4.90. The van der Waals surface area contributed by atoms with Gasteiger partial charge >= 0.3 is 29.9 Å². The summed E-state index contributed by atoms with van der Waals surface area (Å²) in [5.74, 6) is -22.9. The van der Waals surface area contributed by atoms with Crippen molar-refractivity contribution >= 4 is 5.97 Å². The Morgan fingerprint density at radius 1 is 0.950 bits per heavy atom. The molecule has 0 radical (unpaired) electrons. The lowest BCUT2D eigenvalue weighted by Gasteiger charge is -2.34. The lowest BCUT2D eigenvalue weighted by atomic mass is 9.94. The predicted octanol–water partition coefficient (Wildman–Crippen LogP) is 3.65. The zero-order valence-corrected chi connectivity index (χ0v) is 10.0. The lowest BCUT2D eigenvalue weighted by molar-refractivity contribution is -0.397. The number of alkyl halides is 9. The molecule has 0 aromatic carbocycles. The van der Waals surface area contributed by atoms with Crippen molar-refractivity contribution < 1.29 is 49.0 Å². The molecule has 0 bridgehead atoms. The van der Waals surface area contributed by atoms with Gasteiger partial charge in [0.05, 0.1) is 13.0 Å². The van der Waals surface area contributed by atoms with Crippen LogP contribution in [0.15, 0.2) is 0 Å². The number of ether oxygens (including phenoxy) is 1. The molecule has 0 aliphatic heterocycles. The largest absolute Gasteiger partial charge is 0.469 e. The van der Waals surface area contributed by atoms with E-state index >= 15 is 0 Å². The van der Waals surface area contributed by atoms with E-state index in [2.05, 4.69) is 4.74 Å². The smallest absolute Gasteiger partial charge is 0.460 e. The molecule has 0 N–H and O–H groups in total. The van der Waals surface area contributed by atoms with Gasteiger partial charge in [-0.25, -0.2) is 0 Å². The van der Waals surface area contributed by atoms with E-state index in [1.165, 1.54) is 0 Å². The molecule has 1 atom stereocenters. The van der Waals surface area contributed by atoms with Crippen LogP contribution in [0.4, 0.5) is 39.5 Å². The van der Waals surface area contributed by atoms with Crippen LogP contribution in [0, 0.1) is 5.92 Å². The Bertz CT molecular complexity index is 361. The van der Waals surface area contributed by atoms with E-state index in [0.29, 0.717) is 14.0 Å². The second kappa shape index (κ2) is 5.32. The van der Waals surface area contributed by atoms with E-state index in [0.717, 1.165) is 0 Å². The fourth-order valence-electron chi connectivity index (χ4n) is 1.20. The van der Waals surface area contributed by atoms with Crippen LogP contribution in [0.5, 0.6) is 0 Å². The standard InChI is InChI=1S/C9H9F9O2/c1-4(5(19)20-2)3-6(10,11)7(12,13)8(14,15)9(16,17)18/h4H,3H2,1-2H3. The highest BCUT2D eigenvalue weighted by molar-refractivity contribution is 5.71. The molecule has 0 aliphatic rings. The van der Waals surface area contributed by atoms with Crippen molar-refractivity contribution in [1.82, 2.24) is 0 Å². The second-order valence-electron chi connectivity index (χ2n) is 3.98. The summed E-state index contributed by atoms with van der Waals surface area (Å²) in [6, 6.07) is 0. The molecule has 0 amide bonds. The SMILES string of the molecule is COC(=O)C(C)CC(F)(F)C(F)(F)C(F)(F)C(F)(F)F. The molecule has 0 rings (SSSR count). The van der Waals surface area contributed by atoms with Crippen molar-refractivity contribution in [2.24, 2.45) is 5.92 Å². The summed E-state index contributed by atoms with van der Waals surface area (Å²) in [6.45, 7) is 0.627. The molecule has 120 valence electrons. The molecular weight excluding hydrogens is 311 g/mol. The summed E-state index contributed by atoms with van der Waals surface area (Å²) in [5.41, 5.74) is 0. The van der Waals surface area contributed by atoms with Crippen LogP contribution in [-0.2, 0) is 9.53 Å². The highest BCUT2D eigenvalue weighted by Crippen LogP contribution is 2.54. The minimum absolute atomic E-state index is 0.627. The third-order valence-electron chi connectivity index (χ3n) is 2.38. The minimum Gasteiger partial charge on any atom is -0.469 e. The molecule has 0 aromatic heterocycles. The molecule has 11 heteroatoms. The molecular formula is C9H9F9O2. The zero-order valence-electron chi connectivity index (χ0n) is 10.0. The zero-order chi connectivity index (χ0) is 16.6. The fraction of sp³-hybridized carbons (Fsp3) is 0.889. The van der Waals surface area contributed by atoms with Crippen molar-refractivity contribution in [3.05, 3.63) is 0 Å². The maximum Gasteiger partial charge on any atom is 0.460 e. The van der Waals surface area contributed by atoms with Gasteiger partial charge in [0, 0.05) is 6.42 Å². The number of carbonyl (C=O) groups is 1. The maximum absolute atomic E-state index is 13.0. The Kier molecular flexibility index (Phi) is 5.01. The van der Waals surface area contributed by atoms with E-state index in [4.69, 9.17) is 0 Å². The first-order valence-corrected chi connectivity index (χ1v) is 4.90. The number of esters is 1. The summed E-state index contributed by atoms with van der Waals surface area (Å²) in [5, 5.41) is 0. The van der Waals surface area contributed by atoms with Crippen molar-refractivity contribution in [1.29, 1.82) is 0 Å². The Hall–Kier alpha value is -1.16. The third kappa shape index (κ3) is 3.11. The van der Waals surface area contributed by atoms with Gasteiger partial charge in [0.1, 0.15) is 0 Å². The van der Waals surface area contributed by atoms with Gasteiger partial charge in [-0.05, 0) is 0 Å². The Labute approximate surface area is 106 Å². The monoisotopic (exact) mass is 320 g/mol. The van der Waals surface area contributed by atoms with Gasteiger partial charge in [-0.1, -0.05) is 6.92 Å². The third-order valence-corrected chi connectivity index (χ3v) is 2.38. The molecule has 0 heterocycles. The molecule has 0 aliphatic carbocycles. The average Bonchev–Trinajstić information content (AvgIpc) is 2.25. The van der Waals surface area contributed by atoms with Gasteiger partial charge in [0.15, 0.2) is 0 Å². The summed E-state index contributed by atoms with van der Waals surface area (Å²) in [7, 11) is 0.708. The number of carbonyl (C=O) groups excluding carboxylic acids is 1. The van der Waals surface area contributed by atoms with Crippen LogP contribution < -0.4 is 0 Å². The summed E-state index contributed by atoms with van der Waals surface area (Å²) < 4.78 is 116. The molecule has 0 saturated heterocycles. The van der Waals surface area contributed by atoms with Crippen LogP contribution in [-0.4, -0.2) is 37.0 Å². The predicted molar refractivity (Wildman–Crippen MR) is 46.7 cm³/mol. The Balaban J connectivity index is 5.42. The van der Waals surface area contributed by atoms with Gasteiger partial charge in [-0.2, -0.15) is 39.5 Å². The van der Waals surface area contributed by atoms with Gasteiger partial charge < -0.3 is 4.74 Å². The van der Waals surface area contributed by atoms with E-state index < -0.39 is 42.3 Å². The van der Waals surface area contributed by atoms with Crippen molar-refractivity contribution in [2.45, 2.75) is 37.3 Å². The number of rotatable bonds is 5. The van der Waals surface area contributed by atoms with Crippen LogP contribution in [0.25, 0.3) is 0 Å². The number of hydrogen-bond acceptors (Lipinski definition) is 2. The maximum atomic E-state index is 13.0. The number of methoxy groups -OCH3 is 1. The first kappa shape index (κ1) is 18.8. The number of hydrogen-bond donors (Lipinski definition) is 0. The van der Waals surface area contributed by atoms with Crippen molar-refractivity contribution in [3.8, 4) is 0 Å². The van der Waals surface area contributed by atoms with E-state index in [-0.39, 0.29) is 0 Å². The summed E-state index contributed by atoms with van der Waals surface area (Å²) in [4.78, 5) is 10.8. The Morgan fingerprint density at radius 2 is 1.35 bits per heavy atom. The van der Waals surface area contributed by atoms with Gasteiger partial charge in [0.25, 0.3) is 0 Å². The average molecular weight is 320 g/mol. The van der Waals surface area contributed by atoms with Crippen LogP contribution in [0.1, 0.15) is 13.3 Å². The fourth-order valence-corrected chi connectivity index (χ4v) is 1.20. The van der Waals surface area contributed by atoms with E-state index in [1.54, 1.807) is 0 Å². The quantitative estimate of drug-likeness (QED) is 0.571. The Morgan fingerprint density at radius 3 is 1.65 bits per heavy atom. The van der Waals surface area contributed by atoms with E-state index in [9.17, 15) is 44.3 Å². The molecule has 0 fully saturated rings. The topological polar surface area (TPSA) is 26.3 Å². The van der Waals surface area contributed by atoms with Crippen LogP contribution in [0.2, 0.25) is 0 Å². The molecule has 2 nitrogen and oxygen atoms in total. The molecule has 0 aromatic rings. The first-order chi connectivity index (χ1) is 8.62. The van der Waals surface area contributed by atoms with Gasteiger partial charge in [-0.15, -0.1) is 0 Å². The lowest BCUT2D eigenvalue weighted by Crippen LogP contribution is -2.61. The second-order valence-corrected chi connectivity index (χ2v) is 3.98. The highest BCUT2D eigenvalue weighted by atomic mass is 19.4. The van der Waals surface area contributed by atoms with E-state index in [1.807, 2.05) is 0 Å². The molecule has 20 heavy (non-hydrogen) atoms. The summed E-state index contributed by atoms with van der Waals surface area (Å²) in [6.07, 6.45) is -9.09. The minimum atomic E-state index is -6.95. The number of halogens is 9. The molecule has 0 saturated carbocycles. The highest BCUT2D eigenvalue weighted by Gasteiger charge is 2.81. The summed E-state index contributed by atoms with van der Waals surface area (Å²) >= 11 is 0. The van der Waals surface area contributed by atoms with Crippen LogP contribution in [0.3, 0.4) is 0 Å². The van der Waals surface area contributed by atoms with Crippen molar-refractivity contribution in [2.75, 3.05) is 7.11 Å².